The zero-order valence-corrected chi connectivity index (χ0v) is 12.9. The Balaban J connectivity index is 2.14. The standard InChI is InChI=1S/C13H24N2O4S/c1-19-10-3-4-12(9(7-10)8-20(2,17)18)15-6-5-11(14)13(15)16/h9-12H,3-8,14H2,1-2H3/t9-,10+,11-,12-/m0/s1. The fourth-order valence-corrected chi connectivity index (χ4v) is 4.59. The monoisotopic (exact) mass is 304 g/mol. The SMILES string of the molecule is CO[C@@H]1CC[C@H](N2CC[C@H](N)C2=O)[C@H](CS(C)(=O)=O)C1. The van der Waals surface area contributed by atoms with Crippen molar-refractivity contribution in [2.75, 3.05) is 25.7 Å². The molecule has 20 heavy (non-hydrogen) atoms. The minimum Gasteiger partial charge on any atom is -0.381 e. The van der Waals surface area contributed by atoms with E-state index >= 15 is 0 Å². The Kier molecular flexibility index (Phi) is 4.71. The molecule has 1 saturated heterocycles. The summed E-state index contributed by atoms with van der Waals surface area (Å²) in [4.78, 5) is 13.9. The van der Waals surface area contributed by atoms with Gasteiger partial charge in [-0.05, 0) is 31.6 Å². The van der Waals surface area contributed by atoms with Gasteiger partial charge >= 0.3 is 0 Å². The second kappa shape index (κ2) is 5.99. The molecule has 1 heterocycles. The fraction of sp³-hybridized carbons (Fsp3) is 0.923. The molecule has 0 aromatic carbocycles. The summed E-state index contributed by atoms with van der Waals surface area (Å²) in [6, 6.07) is -0.439. The topological polar surface area (TPSA) is 89.7 Å². The molecule has 0 bridgehead atoms. The molecule has 1 amide bonds. The molecule has 6 nitrogen and oxygen atoms in total. The normalized spacial score (nSPS) is 35.5. The Morgan fingerprint density at radius 2 is 2.05 bits per heavy atom. The Morgan fingerprint density at radius 1 is 1.35 bits per heavy atom. The number of nitrogens with two attached hydrogens (primary N) is 1. The number of carbonyl (C=O) groups is 1. The van der Waals surface area contributed by atoms with Crippen molar-refractivity contribution in [3.8, 4) is 0 Å². The van der Waals surface area contributed by atoms with Crippen molar-refractivity contribution >= 4 is 15.7 Å². The van der Waals surface area contributed by atoms with Crippen molar-refractivity contribution in [1.82, 2.24) is 4.90 Å². The molecule has 0 aromatic rings. The highest BCUT2D eigenvalue weighted by atomic mass is 32.2. The summed E-state index contributed by atoms with van der Waals surface area (Å²) in [7, 11) is -1.42. The van der Waals surface area contributed by atoms with Crippen molar-refractivity contribution in [3.63, 3.8) is 0 Å². The summed E-state index contributed by atoms with van der Waals surface area (Å²) >= 11 is 0. The third-order valence-corrected chi connectivity index (χ3v) is 5.46. The predicted octanol–water partition coefficient (Wildman–Crippen LogP) is -0.226. The van der Waals surface area contributed by atoms with Crippen LogP contribution in [0.3, 0.4) is 0 Å². The van der Waals surface area contributed by atoms with Crippen LogP contribution in [-0.4, -0.2) is 63.1 Å². The van der Waals surface area contributed by atoms with Gasteiger partial charge < -0.3 is 15.4 Å². The first-order chi connectivity index (χ1) is 9.31. The summed E-state index contributed by atoms with van der Waals surface area (Å²) in [6.07, 6.45) is 4.33. The van der Waals surface area contributed by atoms with E-state index in [9.17, 15) is 13.2 Å². The maximum atomic E-state index is 12.1. The van der Waals surface area contributed by atoms with Gasteiger partial charge in [0.15, 0.2) is 0 Å². The molecule has 2 aliphatic rings. The van der Waals surface area contributed by atoms with Gasteiger partial charge in [-0.15, -0.1) is 0 Å². The largest absolute Gasteiger partial charge is 0.381 e. The van der Waals surface area contributed by atoms with Crippen LogP contribution in [0.15, 0.2) is 0 Å². The van der Waals surface area contributed by atoms with E-state index in [4.69, 9.17) is 10.5 Å². The minimum atomic E-state index is -3.07. The summed E-state index contributed by atoms with van der Waals surface area (Å²) < 4.78 is 28.6. The summed E-state index contributed by atoms with van der Waals surface area (Å²) in [5.41, 5.74) is 5.77. The molecule has 0 aromatic heterocycles. The zero-order valence-electron chi connectivity index (χ0n) is 12.1. The van der Waals surface area contributed by atoms with E-state index in [-0.39, 0.29) is 29.7 Å². The van der Waals surface area contributed by atoms with Crippen LogP contribution in [0.25, 0.3) is 0 Å². The number of amides is 1. The number of ether oxygens (including phenoxy) is 1. The fourth-order valence-electron chi connectivity index (χ4n) is 3.45. The highest BCUT2D eigenvalue weighted by Crippen LogP contribution is 2.33. The van der Waals surface area contributed by atoms with Crippen LogP contribution in [0, 0.1) is 5.92 Å². The molecular weight excluding hydrogens is 280 g/mol. The number of methoxy groups -OCH3 is 1. The molecule has 2 rings (SSSR count). The first-order valence-electron chi connectivity index (χ1n) is 7.08. The highest BCUT2D eigenvalue weighted by molar-refractivity contribution is 7.90. The lowest BCUT2D eigenvalue weighted by atomic mass is 9.83. The third kappa shape index (κ3) is 3.51. The number of carbonyl (C=O) groups excluding carboxylic acids is 1. The Hall–Kier alpha value is -0.660. The lowest BCUT2D eigenvalue weighted by Crippen LogP contribution is -2.49. The highest BCUT2D eigenvalue weighted by Gasteiger charge is 2.41. The molecule has 0 radical (unpaired) electrons. The molecule has 4 atom stereocenters. The Morgan fingerprint density at radius 3 is 2.55 bits per heavy atom. The van der Waals surface area contributed by atoms with Crippen LogP contribution in [0.2, 0.25) is 0 Å². The van der Waals surface area contributed by atoms with Crippen molar-refractivity contribution in [1.29, 1.82) is 0 Å². The van der Waals surface area contributed by atoms with Gasteiger partial charge in [-0.3, -0.25) is 4.79 Å². The van der Waals surface area contributed by atoms with Gasteiger partial charge in [-0.1, -0.05) is 0 Å². The number of hydrogen-bond donors (Lipinski definition) is 1. The van der Waals surface area contributed by atoms with Crippen LogP contribution < -0.4 is 5.73 Å². The van der Waals surface area contributed by atoms with Gasteiger partial charge in [0, 0.05) is 26.0 Å². The van der Waals surface area contributed by atoms with Crippen LogP contribution in [0.4, 0.5) is 0 Å². The summed E-state index contributed by atoms with van der Waals surface area (Å²) in [5.74, 6) is 0.0126. The van der Waals surface area contributed by atoms with Crippen molar-refractivity contribution in [2.45, 2.75) is 43.9 Å². The summed E-state index contributed by atoms with van der Waals surface area (Å²) in [5, 5.41) is 0. The number of nitrogens with zero attached hydrogens (tertiary/aromatic N) is 1. The van der Waals surface area contributed by atoms with E-state index in [1.165, 1.54) is 6.26 Å². The van der Waals surface area contributed by atoms with Gasteiger partial charge in [0.05, 0.1) is 17.9 Å². The van der Waals surface area contributed by atoms with E-state index in [2.05, 4.69) is 0 Å². The molecule has 0 unspecified atom stereocenters. The van der Waals surface area contributed by atoms with Crippen LogP contribution >= 0.6 is 0 Å². The Bertz CT molecular complexity index is 465. The molecule has 116 valence electrons. The smallest absolute Gasteiger partial charge is 0.239 e. The number of sulfone groups is 1. The van der Waals surface area contributed by atoms with Gasteiger partial charge in [0.1, 0.15) is 9.84 Å². The van der Waals surface area contributed by atoms with Gasteiger partial charge in [0.25, 0.3) is 0 Å². The second-order valence-electron chi connectivity index (χ2n) is 6.02. The van der Waals surface area contributed by atoms with Crippen LogP contribution in [0.1, 0.15) is 25.7 Å². The first kappa shape index (κ1) is 15.7. The maximum absolute atomic E-state index is 12.1. The first-order valence-corrected chi connectivity index (χ1v) is 9.14. The number of likely N-dealkylation sites (tertiary alicyclic amines) is 1. The lowest BCUT2D eigenvalue weighted by molar-refractivity contribution is -0.133. The zero-order chi connectivity index (χ0) is 14.9. The van der Waals surface area contributed by atoms with Crippen LogP contribution in [-0.2, 0) is 19.4 Å². The summed E-state index contributed by atoms with van der Waals surface area (Å²) in [6.45, 7) is 0.641. The number of hydrogen-bond acceptors (Lipinski definition) is 5. The van der Waals surface area contributed by atoms with Crippen LogP contribution in [0.5, 0.6) is 0 Å². The van der Waals surface area contributed by atoms with E-state index in [1.807, 2.05) is 0 Å². The molecule has 1 aliphatic carbocycles. The Labute approximate surface area is 120 Å². The van der Waals surface area contributed by atoms with E-state index < -0.39 is 15.9 Å². The molecule has 2 N–H and O–H groups in total. The lowest BCUT2D eigenvalue weighted by Gasteiger charge is -2.40. The van der Waals surface area contributed by atoms with Gasteiger partial charge in [-0.25, -0.2) is 8.42 Å². The predicted molar refractivity (Wildman–Crippen MR) is 75.9 cm³/mol. The van der Waals surface area contributed by atoms with E-state index in [1.54, 1.807) is 12.0 Å². The average Bonchev–Trinajstić information content (AvgIpc) is 2.68. The average molecular weight is 304 g/mol. The van der Waals surface area contributed by atoms with Crippen molar-refractivity contribution in [3.05, 3.63) is 0 Å². The molecule has 1 saturated carbocycles. The molecule has 1 aliphatic heterocycles. The molecule has 2 fully saturated rings. The molecule has 7 heteroatoms. The molecular formula is C13H24N2O4S. The quantitative estimate of drug-likeness (QED) is 0.775. The van der Waals surface area contributed by atoms with E-state index in [0.29, 0.717) is 19.4 Å². The maximum Gasteiger partial charge on any atom is 0.239 e. The van der Waals surface area contributed by atoms with Crippen molar-refractivity contribution < 1.29 is 17.9 Å². The molecule has 0 spiro atoms. The third-order valence-electron chi connectivity index (χ3n) is 4.43. The van der Waals surface area contributed by atoms with E-state index in [0.717, 1.165) is 12.8 Å². The second-order valence-corrected chi connectivity index (χ2v) is 8.20. The van der Waals surface area contributed by atoms with Gasteiger partial charge in [0.2, 0.25) is 5.91 Å². The minimum absolute atomic E-state index is 0.0165. The van der Waals surface area contributed by atoms with Crippen molar-refractivity contribution in [2.24, 2.45) is 11.7 Å². The van der Waals surface area contributed by atoms with Gasteiger partial charge in [-0.2, -0.15) is 0 Å². The number of rotatable bonds is 4.